The Morgan fingerprint density at radius 2 is 1.94 bits per heavy atom. The molecule has 0 radical (unpaired) electrons. The molecule has 0 aliphatic carbocycles. The maximum Gasteiger partial charge on any atom is 0.573 e. The van der Waals surface area contributed by atoms with Crippen LogP contribution in [0, 0.1) is 6.92 Å². The third-order valence-corrected chi connectivity index (χ3v) is 5.12. The van der Waals surface area contributed by atoms with Crippen molar-refractivity contribution in [3.63, 3.8) is 0 Å². The van der Waals surface area contributed by atoms with Gasteiger partial charge in [-0.05, 0) is 38.5 Å². The maximum atomic E-state index is 12.7. The van der Waals surface area contributed by atoms with Crippen molar-refractivity contribution in [2.45, 2.75) is 52.4 Å². The number of alkyl halides is 3. The fourth-order valence-corrected chi connectivity index (χ4v) is 3.50. The number of carbonyl (C=O) groups excluding carboxylic acids is 1. The first-order valence-corrected chi connectivity index (χ1v) is 10.1. The number of aryl methyl sites for hydroxylation is 1. The lowest BCUT2D eigenvalue weighted by Gasteiger charge is -2.27. The Kier molecular flexibility index (Phi) is 7.22. The van der Waals surface area contributed by atoms with Crippen LogP contribution in [0.1, 0.15) is 30.8 Å². The van der Waals surface area contributed by atoms with E-state index in [9.17, 15) is 18.0 Å². The third-order valence-electron chi connectivity index (χ3n) is 5.12. The van der Waals surface area contributed by atoms with Crippen molar-refractivity contribution in [1.82, 2.24) is 19.8 Å². The standard InChI is InChI=1S/C21H27F3N4O3/c1-14(2)28-9-18(8-27(11-20(28)29)10-19-15(3)25-13-26-19)30-12-16-4-6-17(7-5-16)31-21(22,23)24/h4-7,13-14,18H,8-12H2,1-3H3,(H,25,26)/t18-/m0/s1. The molecule has 3 rings (SSSR count). The van der Waals surface area contributed by atoms with E-state index in [1.54, 1.807) is 11.2 Å². The molecule has 1 saturated heterocycles. The molecule has 1 aliphatic heterocycles. The number of hydrogen-bond donors (Lipinski definition) is 1. The van der Waals surface area contributed by atoms with E-state index >= 15 is 0 Å². The van der Waals surface area contributed by atoms with Gasteiger partial charge in [0.2, 0.25) is 5.91 Å². The van der Waals surface area contributed by atoms with Gasteiger partial charge in [-0.15, -0.1) is 13.2 Å². The van der Waals surface area contributed by atoms with Crippen LogP contribution in [0.25, 0.3) is 0 Å². The van der Waals surface area contributed by atoms with Gasteiger partial charge < -0.3 is 19.4 Å². The van der Waals surface area contributed by atoms with Gasteiger partial charge in [0.05, 0.1) is 31.3 Å². The van der Waals surface area contributed by atoms with Crippen molar-refractivity contribution in [3.05, 3.63) is 47.5 Å². The van der Waals surface area contributed by atoms with Gasteiger partial charge in [-0.25, -0.2) is 4.98 Å². The SMILES string of the molecule is Cc1[nH]cnc1CN1CC(=O)N(C(C)C)C[C@@H](OCc2ccc(OC(F)(F)F)cc2)C1. The smallest absolute Gasteiger partial charge is 0.406 e. The summed E-state index contributed by atoms with van der Waals surface area (Å²) in [5.41, 5.74) is 2.55. The molecule has 0 spiro atoms. The number of imidazole rings is 1. The molecule has 1 N–H and O–H groups in total. The van der Waals surface area contributed by atoms with Crippen molar-refractivity contribution in [1.29, 1.82) is 0 Å². The van der Waals surface area contributed by atoms with Crippen molar-refractivity contribution < 1.29 is 27.4 Å². The Morgan fingerprint density at radius 1 is 1.23 bits per heavy atom. The van der Waals surface area contributed by atoms with Crippen LogP contribution in [0.5, 0.6) is 5.75 Å². The number of H-pyrrole nitrogens is 1. The van der Waals surface area contributed by atoms with Gasteiger partial charge in [-0.2, -0.15) is 0 Å². The van der Waals surface area contributed by atoms with Crippen LogP contribution in [0.3, 0.4) is 0 Å². The number of aromatic amines is 1. The molecular formula is C21H27F3N4O3. The Morgan fingerprint density at radius 3 is 2.52 bits per heavy atom. The Bertz CT molecular complexity index is 868. The van der Waals surface area contributed by atoms with Gasteiger partial charge in [0.1, 0.15) is 5.75 Å². The summed E-state index contributed by atoms with van der Waals surface area (Å²) >= 11 is 0. The highest BCUT2D eigenvalue weighted by atomic mass is 19.4. The molecule has 7 nitrogen and oxygen atoms in total. The van der Waals surface area contributed by atoms with Gasteiger partial charge in [0.25, 0.3) is 0 Å². The first-order chi connectivity index (χ1) is 14.6. The highest BCUT2D eigenvalue weighted by Gasteiger charge is 2.31. The van der Waals surface area contributed by atoms with Crippen LogP contribution in [0.15, 0.2) is 30.6 Å². The number of amides is 1. The molecule has 0 bridgehead atoms. The number of aromatic nitrogens is 2. The monoisotopic (exact) mass is 440 g/mol. The largest absolute Gasteiger partial charge is 0.573 e. The van der Waals surface area contributed by atoms with Crippen LogP contribution in [-0.4, -0.2) is 63.8 Å². The average molecular weight is 440 g/mol. The first-order valence-electron chi connectivity index (χ1n) is 10.1. The van der Waals surface area contributed by atoms with Gasteiger partial charge in [0.15, 0.2) is 0 Å². The average Bonchev–Trinajstić information content (AvgIpc) is 2.99. The molecule has 1 atom stereocenters. The topological polar surface area (TPSA) is 70.7 Å². The number of benzene rings is 1. The Hall–Kier alpha value is -2.59. The minimum atomic E-state index is -4.72. The second kappa shape index (κ2) is 9.69. The summed E-state index contributed by atoms with van der Waals surface area (Å²) in [5.74, 6) is -0.245. The zero-order chi connectivity index (χ0) is 22.6. The van der Waals surface area contributed by atoms with E-state index in [1.165, 1.54) is 24.3 Å². The molecule has 170 valence electrons. The number of ether oxygens (including phenoxy) is 2. The summed E-state index contributed by atoms with van der Waals surface area (Å²) in [6.07, 6.45) is -3.34. The number of halogens is 3. The van der Waals surface area contributed by atoms with Gasteiger partial charge >= 0.3 is 6.36 Å². The molecular weight excluding hydrogens is 413 g/mol. The summed E-state index contributed by atoms with van der Waals surface area (Å²) in [6.45, 7) is 7.85. The number of nitrogens with zero attached hydrogens (tertiary/aromatic N) is 3. The van der Waals surface area contributed by atoms with E-state index in [4.69, 9.17) is 4.74 Å². The van der Waals surface area contributed by atoms with Crippen molar-refractivity contribution in [3.8, 4) is 5.75 Å². The summed E-state index contributed by atoms with van der Waals surface area (Å²) in [7, 11) is 0. The van der Waals surface area contributed by atoms with Crippen LogP contribution in [0.4, 0.5) is 13.2 Å². The minimum absolute atomic E-state index is 0.0305. The lowest BCUT2D eigenvalue weighted by molar-refractivity contribution is -0.274. The normalized spacial score (nSPS) is 18.5. The van der Waals surface area contributed by atoms with E-state index in [1.807, 2.05) is 25.7 Å². The molecule has 2 aromatic rings. The molecule has 10 heteroatoms. The van der Waals surface area contributed by atoms with Crippen LogP contribution >= 0.6 is 0 Å². The number of rotatable bonds is 7. The molecule has 1 aromatic heterocycles. The summed E-state index contributed by atoms with van der Waals surface area (Å²) < 4.78 is 46.9. The minimum Gasteiger partial charge on any atom is -0.406 e. The molecule has 0 saturated carbocycles. The Balaban J connectivity index is 1.65. The summed E-state index contributed by atoms with van der Waals surface area (Å²) in [4.78, 5) is 23.9. The first kappa shape index (κ1) is 23.1. The highest BCUT2D eigenvalue weighted by Crippen LogP contribution is 2.23. The van der Waals surface area contributed by atoms with Gasteiger partial charge in [-0.3, -0.25) is 9.69 Å². The fourth-order valence-electron chi connectivity index (χ4n) is 3.50. The number of nitrogens with one attached hydrogen (secondary N) is 1. The predicted octanol–water partition coefficient (Wildman–Crippen LogP) is 3.25. The molecule has 2 heterocycles. The molecule has 1 amide bonds. The predicted molar refractivity (Wildman–Crippen MR) is 107 cm³/mol. The molecule has 1 aliphatic rings. The molecule has 31 heavy (non-hydrogen) atoms. The van der Waals surface area contributed by atoms with E-state index in [-0.39, 0.29) is 37.0 Å². The third kappa shape index (κ3) is 6.70. The van der Waals surface area contributed by atoms with Gasteiger partial charge in [0, 0.05) is 31.4 Å². The molecule has 0 unspecified atom stereocenters. The lowest BCUT2D eigenvalue weighted by Crippen LogP contribution is -2.42. The lowest BCUT2D eigenvalue weighted by atomic mass is 10.2. The van der Waals surface area contributed by atoms with Crippen LogP contribution in [0.2, 0.25) is 0 Å². The second-order valence-corrected chi connectivity index (χ2v) is 7.91. The van der Waals surface area contributed by atoms with Crippen molar-refractivity contribution >= 4 is 5.91 Å². The highest BCUT2D eigenvalue weighted by molar-refractivity contribution is 5.79. The summed E-state index contributed by atoms with van der Waals surface area (Å²) in [5, 5.41) is 0. The van der Waals surface area contributed by atoms with E-state index in [0.29, 0.717) is 19.6 Å². The number of hydrogen-bond acceptors (Lipinski definition) is 5. The zero-order valence-corrected chi connectivity index (χ0v) is 17.8. The molecule has 1 aromatic carbocycles. The van der Waals surface area contributed by atoms with E-state index in [0.717, 1.165) is 17.0 Å². The van der Waals surface area contributed by atoms with Crippen molar-refractivity contribution in [2.24, 2.45) is 0 Å². The molecule has 1 fully saturated rings. The Labute approximate surface area is 179 Å². The quantitative estimate of drug-likeness (QED) is 0.716. The van der Waals surface area contributed by atoms with Crippen molar-refractivity contribution in [2.75, 3.05) is 19.6 Å². The van der Waals surface area contributed by atoms with Crippen LogP contribution < -0.4 is 4.74 Å². The van der Waals surface area contributed by atoms with Gasteiger partial charge in [-0.1, -0.05) is 12.1 Å². The zero-order valence-electron chi connectivity index (χ0n) is 17.8. The van der Waals surface area contributed by atoms with E-state index in [2.05, 4.69) is 14.7 Å². The van der Waals surface area contributed by atoms with E-state index < -0.39 is 6.36 Å². The summed E-state index contributed by atoms with van der Waals surface area (Å²) in [6, 6.07) is 5.62. The van der Waals surface area contributed by atoms with Crippen LogP contribution in [-0.2, 0) is 22.7 Å². The fraction of sp³-hybridized carbons (Fsp3) is 0.524. The number of carbonyl (C=O) groups is 1. The maximum absolute atomic E-state index is 12.7. The second-order valence-electron chi connectivity index (χ2n) is 7.91.